The monoisotopic (exact) mass is 439 g/mol. The van der Waals surface area contributed by atoms with Crippen LogP contribution >= 0.6 is 0 Å². The number of likely N-dealkylation sites (N-methyl/N-ethyl adjacent to an activating group) is 1. The zero-order valence-electron chi connectivity index (χ0n) is 20.0. The van der Waals surface area contributed by atoms with Crippen molar-refractivity contribution in [3.8, 4) is 0 Å². The fourth-order valence-electron chi connectivity index (χ4n) is 5.69. The van der Waals surface area contributed by atoms with Crippen LogP contribution in [0.2, 0.25) is 0 Å². The third-order valence-corrected chi connectivity index (χ3v) is 8.05. The highest BCUT2D eigenvalue weighted by molar-refractivity contribution is 5.89. The number of Topliss-reactive ketones (excluding diaryl/α,β-unsaturated/α-hetero) is 1. The summed E-state index contributed by atoms with van der Waals surface area (Å²) in [6, 6.07) is 10.8. The lowest BCUT2D eigenvalue weighted by atomic mass is 9.91. The topological polar surface area (TPSA) is 52.7 Å². The van der Waals surface area contributed by atoms with Crippen molar-refractivity contribution >= 4 is 11.7 Å². The molecule has 0 aromatic heterocycles. The first-order valence-electron chi connectivity index (χ1n) is 12.8. The Balaban J connectivity index is 1.40. The van der Waals surface area contributed by atoms with Crippen molar-refractivity contribution in [1.82, 2.24) is 15.1 Å². The Kier molecular flexibility index (Phi) is 8.01. The van der Waals surface area contributed by atoms with E-state index in [0.29, 0.717) is 24.3 Å². The van der Waals surface area contributed by atoms with Gasteiger partial charge in [0.2, 0.25) is 5.91 Å². The molecule has 32 heavy (non-hydrogen) atoms. The van der Waals surface area contributed by atoms with Crippen molar-refractivity contribution < 1.29 is 9.59 Å². The second-order valence-corrected chi connectivity index (χ2v) is 10.4. The Hall–Kier alpha value is -1.72. The van der Waals surface area contributed by atoms with Gasteiger partial charge in [-0.25, -0.2) is 0 Å². The fourth-order valence-corrected chi connectivity index (χ4v) is 5.69. The van der Waals surface area contributed by atoms with Crippen LogP contribution in [0.15, 0.2) is 30.3 Å². The first-order chi connectivity index (χ1) is 15.5. The second kappa shape index (κ2) is 10.9. The van der Waals surface area contributed by atoms with E-state index in [2.05, 4.69) is 45.4 Å². The Bertz CT molecular complexity index is 763. The fraction of sp³-hybridized carbons (Fsp3) is 0.704. The molecule has 4 rings (SSSR count). The number of nitrogens with one attached hydrogen (secondary N) is 1. The van der Waals surface area contributed by atoms with Crippen molar-refractivity contribution in [2.24, 2.45) is 17.8 Å². The molecular weight excluding hydrogens is 398 g/mol. The van der Waals surface area contributed by atoms with Gasteiger partial charge in [0, 0.05) is 38.0 Å². The number of likely N-dealkylation sites (tertiary alicyclic amines) is 2. The molecule has 1 aromatic carbocycles. The molecule has 176 valence electrons. The molecule has 2 aliphatic heterocycles. The van der Waals surface area contributed by atoms with Gasteiger partial charge < -0.3 is 15.1 Å². The molecule has 2 saturated heterocycles. The van der Waals surface area contributed by atoms with Crippen LogP contribution in [-0.2, 0) is 16.0 Å². The van der Waals surface area contributed by atoms with Gasteiger partial charge in [-0.05, 0) is 70.0 Å². The maximum absolute atomic E-state index is 13.7. The molecule has 1 saturated carbocycles. The molecule has 0 bridgehead atoms. The standard InChI is InChI=1S/C27H41N3O2/c1-20(28-2)26(31)18-24(17-22-10-11-22)27(32)30-16-13-23-9-6-14-29(19-25(23)30)15-12-21-7-4-3-5-8-21/h3-5,7-8,20,22-25,28H,6,9-19H2,1-2H3/t20-,23+,24+,25+/m0/s1. The number of rotatable bonds is 10. The first-order valence-corrected chi connectivity index (χ1v) is 12.8. The SMILES string of the molecule is CN[C@@H](C)C(=O)C[C@@H](CC1CC1)C(=O)N1CC[C@H]2CCCN(CCc3ccccc3)C[C@H]21. The Morgan fingerprint density at radius 2 is 1.88 bits per heavy atom. The summed E-state index contributed by atoms with van der Waals surface area (Å²) in [6.07, 6.45) is 8.36. The van der Waals surface area contributed by atoms with Crippen molar-refractivity contribution in [3.05, 3.63) is 35.9 Å². The molecule has 1 aliphatic carbocycles. The number of amides is 1. The van der Waals surface area contributed by atoms with Gasteiger partial charge in [0.15, 0.2) is 0 Å². The van der Waals surface area contributed by atoms with Gasteiger partial charge >= 0.3 is 0 Å². The van der Waals surface area contributed by atoms with E-state index in [1.807, 2.05) is 14.0 Å². The van der Waals surface area contributed by atoms with Crippen LogP contribution < -0.4 is 5.32 Å². The molecule has 1 aromatic rings. The highest BCUT2D eigenvalue weighted by atomic mass is 16.2. The lowest BCUT2D eigenvalue weighted by molar-refractivity contribution is -0.140. The highest BCUT2D eigenvalue weighted by Crippen LogP contribution is 2.39. The maximum Gasteiger partial charge on any atom is 0.226 e. The third kappa shape index (κ3) is 5.99. The number of hydrogen-bond donors (Lipinski definition) is 1. The average molecular weight is 440 g/mol. The lowest BCUT2D eigenvalue weighted by Crippen LogP contribution is -2.47. The Morgan fingerprint density at radius 3 is 2.59 bits per heavy atom. The molecule has 1 N–H and O–H groups in total. The normalized spacial score (nSPS) is 25.8. The van der Waals surface area contributed by atoms with E-state index in [1.165, 1.54) is 31.2 Å². The summed E-state index contributed by atoms with van der Waals surface area (Å²) in [5, 5.41) is 3.05. The maximum atomic E-state index is 13.7. The van der Waals surface area contributed by atoms with Crippen LogP contribution in [0.1, 0.15) is 57.4 Å². The number of fused-ring (bicyclic) bond motifs is 1. The molecule has 4 atom stereocenters. The number of hydrogen-bond acceptors (Lipinski definition) is 4. The zero-order chi connectivity index (χ0) is 22.5. The zero-order valence-corrected chi connectivity index (χ0v) is 20.0. The molecule has 3 fully saturated rings. The quantitative estimate of drug-likeness (QED) is 0.606. The number of carbonyl (C=O) groups excluding carboxylic acids is 2. The molecule has 5 nitrogen and oxygen atoms in total. The van der Waals surface area contributed by atoms with Crippen molar-refractivity contribution in [2.75, 3.05) is 33.2 Å². The predicted octanol–water partition coefficient (Wildman–Crippen LogP) is 3.53. The van der Waals surface area contributed by atoms with Crippen molar-refractivity contribution in [1.29, 1.82) is 0 Å². The summed E-state index contributed by atoms with van der Waals surface area (Å²) in [6.45, 7) is 5.95. The smallest absolute Gasteiger partial charge is 0.226 e. The van der Waals surface area contributed by atoms with E-state index in [9.17, 15) is 9.59 Å². The molecule has 0 unspecified atom stereocenters. The summed E-state index contributed by atoms with van der Waals surface area (Å²) < 4.78 is 0. The van der Waals surface area contributed by atoms with Gasteiger partial charge in [-0.3, -0.25) is 9.59 Å². The number of carbonyl (C=O) groups is 2. The van der Waals surface area contributed by atoms with E-state index in [1.54, 1.807) is 0 Å². The highest BCUT2D eigenvalue weighted by Gasteiger charge is 2.42. The van der Waals surface area contributed by atoms with Crippen LogP contribution in [0.4, 0.5) is 0 Å². The van der Waals surface area contributed by atoms with Gasteiger partial charge in [0.05, 0.1) is 6.04 Å². The van der Waals surface area contributed by atoms with Gasteiger partial charge in [0.1, 0.15) is 5.78 Å². The van der Waals surface area contributed by atoms with E-state index in [4.69, 9.17) is 0 Å². The van der Waals surface area contributed by atoms with Gasteiger partial charge in [-0.2, -0.15) is 0 Å². The summed E-state index contributed by atoms with van der Waals surface area (Å²) >= 11 is 0. The Morgan fingerprint density at radius 1 is 1.09 bits per heavy atom. The van der Waals surface area contributed by atoms with Crippen LogP contribution in [0, 0.1) is 17.8 Å². The number of benzene rings is 1. The van der Waals surface area contributed by atoms with Crippen LogP contribution in [0.25, 0.3) is 0 Å². The summed E-state index contributed by atoms with van der Waals surface area (Å²) in [7, 11) is 1.82. The summed E-state index contributed by atoms with van der Waals surface area (Å²) in [5.41, 5.74) is 1.38. The molecule has 0 radical (unpaired) electrons. The van der Waals surface area contributed by atoms with Crippen LogP contribution in [0.5, 0.6) is 0 Å². The lowest BCUT2D eigenvalue weighted by Gasteiger charge is -2.33. The predicted molar refractivity (Wildman–Crippen MR) is 128 cm³/mol. The van der Waals surface area contributed by atoms with Crippen molar-refractivity contribution in [2.45, 2.75) is 70.4 Å². The minimum absolute atomic E-state index is 0.134. The number of ketones is 1. The molecular formula is C27H41N3O2. The molecule has 1 amide bonds. The molecule has 2 heterocycles. The third-order valence-electron chi connectivity index (χ3n) is 8.05. The Labute approximate surface area is 193 Å². The second-order valence-electron chi connectivity index (χ2n) is 10.4. The van der Waals surface area contributed by atoms with E-state index >= 15 is 0 Å². The minimum atomic E-state index is -0.179. The average Bonchev–Trinajstić information content (AvgIpc) is 3.59. The largest absolute Gasteiger partial charge is 0.338 e. The van der Waals surface area contributed by atoms with Crippen LogP contribution in [0.3, 0.4) is 0 Å². The van der Waals surface area contributed by atoms with Crippen molar-refractivity contribution in [3.63, 3.8) is 0 Å². The number of nitrogens with zero attached hydrogens (tertiary/aromatic N) is 2. The molecule has 3 aliphatic rings. The first kappa shape index (κ1) is 23.4. The summed E-state index contributed by atoms with van der Waals surface area (Å²) in [5.74, 6) is 1.56. The van der Waals surface area contributed by atoms with Gasteiger partial charge in [-0.15, -0.1) is 0 Å². The van der Waals surface area contributed by atoms with Gasteiger partial charge in [0.25, 0.3) is 0 Å². The van der Waals surface area contributed by atoms with Crippen LogP contribution in [-0.4, -0.2) is 66.8 Å². The molecule has 0 spiro atoms. The van der Waals surface area contributed by atoms with E-state index in [-0.39, 0.29) is 23.7 Å². The van der Waals surface area contributed by atoms with E-state index < -0.39 is 0 Å². The molecule has 5 heteroatoms. The van der Waals surface area contributed by atoms with E-state index in [0.717, 1.165) is 45.4 Å². The summed E-state index contributed by atoms with van der Waals surface area (Å²) in [4.78, 5) is 31.2. The minimum Gasteiger partial charge on any atom is -0.338 e. The van der Waals surface area contributed by atoms with Gasteiger partial charge in [-0.1, -0.05) is 43.2 Å².